The highest BCUT2D eigenvalue weighted by Crippen LogP contribution is 2.19. The van der Waals surface area contributed by atoms with Gasteiger partial charge in [0.15, 0.2) is 0 Å². The third kappa shape index (κ3) is 1.91. The van der Waals surface area contributed by atoms with E-state index in [1.165, 1.54) is 13.0 Å². The zero-order valence-corrected chi connectivity index (χ0v) is 7.38. The summed E-state index contributed by atoms with van der Waals surface area (Å²) in [5, 5.41) is 9.18. The molecule has 0 saturated heterocycles. The Bertz CT molecular complexity index is 296. The smallest absolute Gasteiger partial charge is 0.0773 e. The van der Waals surface area contributed by atoms with Gasteiger partial charge in [0.05, 0.1) is 6.10 Å². The first-order valence-corrected chi connectivity index (χ1v) is 4.56. The van der Waals surface area contributed by atoms with Crippen LogP contribution in [0.25, 0.3) is 0 Å². The van der Waals surface area contributed by atoms with Gasteiger partial charge in [-0.05, 0) is 29.6 Å². The maximum absolute atomic E-state index is 10.6. The Hall–Kier alpha value is -0.710. The summed E-state index contributed by atoms with van der Waals surface area (Å²) < 4.78 is 21.2. The van der Waals surface area contributed by atoms with E-state index in [9.17, 15) is 13.9 Å². The van der Waals surface area contributed by atoms with Gasteiger partial charge in [0.25, 0.3) is 0 Å². The molecule has 1 aromatic rings. The maximum Gasteiger partial charge on any atom is 0.0773 e. The Kier molecular flexibility index (Phi) is 2.97. The van der Waals surface area contributed by atoms with Crippen molar-refractivity contribution >= 4 is 11.1 Å². The van der Waals surface area contributed by atoms with Crippen LogP contribution < -0.4 is 0 Å². The normalized spacial score (nSPS) is 15.6. The molecule has 1 aromatic carbocycles. The third-order valence-electron chi connectivity index (χ3n) is 1.55. The largest absolute Gasteiger partial charge is 0.768 e. The Balaban J connectivity index is 3.17. The van der Waals surface area contributed by atoms with Gasteiger partial charge in [-0.1, -0.05) is 18.2 Å². The fourth-order valence-electron chi connectivity index (χ4n) is 0.977. The summed E-state index contributed by atoms with van der Waals surface area (Å²) in [6.45, 7) is 1.53. The van der Waals surface area contributed by atoms with E-state index in [0.29, 0.717) is 5.56 Å². The Morgan fingerprint density at radius 1 is 1.50 bits per heavy atom. The molecule has 0 aromatic heterocycles. The van der Waals surface area contributed by atoms with Gasteiger partial charge in [0, 0.05) is 4.90 Å². The van der Waals surface area contributed by atoms with Gasteiger partial charge in [-0.2, -0.15) is 0 Å². The van der Waals surface area contributed by atoms with Crippen LogP contribution in [-0.4, -0.2) is 13.9 Å². The molecule has 0 aliphatic rings. The van der Waals surface area contributed by atoms with E-state index < -0.39 is 17.2 Å². The first-order chi connectivity index (χ1) is 5.63. The minimum Gasteiger partial charge on any atom is -0.768 e. The lowest BCUT2D eigenvalue weighted by atomic mass is 10.1. The molecule has 1 rings (SSSR count). The predicted octanol–water partition coefficient (Wildman–Crippen LogP) is 0.978. The minimum absolute atomic E-state index is 0.160. The molecule has 0 bridgehead atoms. The molecule has 0 fully saturated rings. The van der Waals surface area contributed by atoms with Crippen molar-refractivity contribution in [1.82, 2.24) is 0 Å². The molecular formula is C8H9O3S-. The highest BCUT2D eigenvalue weighted by molar-refractivity contribution is 7.79. The number of aliphatic hydroxyl groups excluding tert-OH is 1. The van der Waals surface area contributed by atoms with Gasteiger partial charge in [0.1, 0.15) is 0 Å². The lowest BCUT2D eigenvalue weighted by Gasteiger charge is -2.12. The van der Waals surface area contributed by atoms with Gasteiger partial charge < -0.3 is 9.66 Å². The second-order valence-electron chi connectivity index (χ2n) is 2.45. The van der Waals surface area contributed by atoms with Gasteiger partial charge in [-0.15, -0.1) is 0 Å². The molecule has 0 aliphatic heterocycles. The van der Waals surface area contributed by atoms with Crippen LogP contribution in [0.15, 0.2) is 29.2 Å². The monoisotopic (exact) mass is 185 g/mol. The second-order valence-corrected chi connectivity index (χ2v) is 3.36. The SMILES string of the molecule is CC(O)c1ccccc1S(=O)[O-]. The molecule has 3 nitrogen and oxygen atoms in total. The number of hydrogen-bond donors (Lipinski definition) is 1. The molecule has 0 heterocycles. The molecule has 0 saturated carbocycles. The summed E-state index contributed by atoms with van der Waals surface area (Å²) in [4.78, 5) is 0.160. The van der Waals surface area contributed by atoms with Gasteiger partial charge in [0.2, 0.25) is 0 Å². The van der Waals surface area contributed by atoms with Gasteiger partial charge in [-0.25, -0.2) is 0 Å². The number of aliphatic hydroxyl groups is 1. The Labute approximate surface area is 73.3 Å². The number of rotatable bonds is 2. The van der Waals surface area contributed by atoms with Crippen LogP contribution in [0.4, 0.5) is 0 Å². The van der Waals surface area contributed by atoms with Crippen molar-refractivity contribution in [1.29, 1.82) is 0 Å². The number of hydrogen-bond acceptors (Lipinski definition) is 3. The quantitative estimate of drug-likeness (QED) is 0.698. The van der Waals surface area contributed by atoms with Crippen LogP contribution in [0.3, 0.4) is 0 Å². The van der Waals surface area contributed by atoms with Crippen molar-refractivity contribution in [3.05, 3.63) is 29.8 Å². The van der Waals surface area contributed by atoms with E-state index in [0.717, 1.165) is 0 Å². The topological polar surface area (TPSA) is 60.4 Å². The van der Waals surface area contributed by atoms with E-state index >= 15 is 0 Å². The van der Waals surface area contributed by atoms with Crippen LogP contribution >= 0.6 is 0 Å². The minimum atomic E-state index is -2.27. The highest BCUT2D eigenvalue weighted by Gasteiger charge is 2.06. The van der Waals surface area contributed by atoms with E-state index in [2.05, 4.69) is 0 Å². The summed E-state index contributed by atoms with van der Waals surface area (Å²) in [5.74, 6) is 0. The van der Waals surface area contributed by atoms with Crippen LogP contribution in [0.5, 0.6) is 0 Å². The van der Waals surface area contributed by atoms with E-state index in [1.807, 2.05) is 0 Å². The molecule has 4 heteroatoms. The standard InChI is InChI=1S/C8H10O3S/c1-6(9)7-4-2-3-5-8(7)12(10)11/h2-6,9H,1H3,(H,10,11)/p-1. The summed E-state index contributed by atoms with van der Waals surface area (Å²) >= 11 is -2.27. The maximum atomic E-state index is 10.6. The fraction of sp³-hybridized carbons (Fsp3) is 0.250. The fourth-order valence-corrected chi connectivity index (χ4v) is 1.60. The molecule has 2 unspecified atom stereocenters. The zero-order chi connectivity index (χ0) is 9.14. The average molecular weight is 185 g/mol. The van der Waals surface area contributed by atoms with Crippen molar-refractivity contribution in [3.63, 3.8) is 0 Å². The highest BCUT2D eigenvalue weighted by atomic mass is 32.2. The van der Waals surface area contributed by atoms with Crippen LogP contribution in [0.1, 0.15) is 18.6 Å². The Morgan fingerprint density at radius 3 is 2.50 bits per heavy atom. The molecule has 2 atom stereocenters. The average Bonchev–Trinajstić information content (AvgIpc) is 2.04. The number of benzene rings is 1. The van der Waals surface area contributed by atoms with Gasteiger partial charge >= 0.3 is 0 Å². The van der Waals surface area contributed by atoms with Gasteiger partial charge in [-0.3, -0.25) is 4.21 Å². The Morgan fingerprint density at radius 2 is 2.08 bits per heavy atom. The predicted molar refractivity (Wildman–Crippen MR) is 44.3 cm³/mol. The lowest BCUT2D eigenvalue weighted by Crippen LogP contribution is -1.99. The second kappa shape index (κ2) is 3.80. The van der Waals surface area contributed by atoms with E-state index in [-0.39, 0.29) is 4.90 Å². The molecule has 0 radical (unpaired) electrons. The molecule has 66 valence electrons. The summed E-state index contributed by atoms with van der Waals surface area (Å²) in [6, 6.07) is 6.37. The molecular weight excluding hydrogens is 176 g/mol. The summed E-state index contributed by atoms with van der Waals surface area (Å²) in [5.41, 5.74) is 0.436. The molecule has 0 spiro atoms. The zero-order valence-electron chi connectivity index (χ0n) is 6.56. The third-order valence-corrected chi connectivity index (χ3v) is 2.28. The van der Waals surface area contributed by atoms with Crippen molar-refractivity contribution in [2.75, 3.05) is 0 Å². The van der Waals surface area contributed by atoms with Crippen LogP contribution in [0, 0.1) is 0 Å². The van der Waals surface area contributed by atoms with E-state index in [1.54, 1.807) is 18.2 Å². The van der Waals surface area contributed by atoms with Crippen molar-refractivity contribution in [2.45, 2.75) is 17.9 Å². The van der Waals surface area contributed by atoms with Crippen LogP contribution in [-0.2, 0) is 11.1 Å². The van der Waals surface area contributed by atoms with Crippen molar-refractivity contribution in [3.8, 4) is 0 Å². The summed E-state index contributed by atoms with van der Waals surface area (Å²) in [6.07, 6.45) is -0.751. The van der Waals surface area contributed by atoms with Crippen molar-refractivity contribution < 1.29 is 13.9 Å². The summed E-state index contributed by atoms with van der Waals surface area (Å²) in [7, 11) is 0. The first-order valence-electron chi connectivity index (χ1n) is 3.49. The first kappa shape index (κ1) is 9.38. The molecule has 0 aliphatic carbocycles. The molecule has 0 amide bonds. The van der Waals surface area contributed by atoms with Crippen molar-refractivity contribution in [2.24, 2.45) is 0 Å². The lowest BCUT2D eigenvalue weighted by molar-refractivity contribution is 0.196. The molecule has 1 N–H and O–H groups in total. The van der Waals surface area contributed by atoms with E-state index in [4.69, 9.17) is 0 Å². The van der Waals surface area contributed by atoms with Crippen LogP contribution in [0.2, 0.25) is 0 Å². The molecule has 12 heavy (non-hydrogen) atoms.